The van der Waals surface area contributed by atoms with Crippen molar-refractivity contribution in [1.29, 1.82) is 0 Å². The Kier molecular flexibility index (Phi) is 6.22. The van der Waals surface area contributed by atoms with Crippen LogP contribution in [-0.2, 0) is 6.54 Å². The number of hydrogen-bond donors (Lipinski definition) is 1. The fraction of sp³-hybridized carbons (Fsp3) is 0.227. The predicted octanol–water partition coefficient (Wildman–Crippen LogP) is 3.12. The van der Waals surface area contributed by atoms with Crippen molar-refractivity contribution >= 4 is 34.7 Å². The van der Waals surface area contributed by atoms with Crippen LogP contribution in [0.15, 0.2) is 48.2 Å². The van der Waals surface area contributed by atoms with Crippen molar-refractivity contribution in [2.45, 2.75) is 6.54 Å². The van der Waals surface area contributed by atoms with Gasteiger partial charge in [0.25, 0.3) is 5.91 Å². The van der Waals surface area contributed by atoms with Crippen LogP contribution in [0.4, 0.5) is 10.2 Å². The number of hydrogen-bond acceptors (Lipinski definition) is 8. The van der Waals surface area contributed by atoms with Gasteiger partial charge in [-0.1, -0.05) is 17.7 Å². The zero-order valence-corrected chi connectivity index (χ0v) is 19.5. The van der Waals surface area contributed by atoms with Gasteiger partial charge >= 0.3 is 0 Å². The van der Waals surface area contributed by atoms with Crippen LogP contribution in [0.25, 0.3) is 16.5 Å². The Morgan fingerprint density at radius 1 is 1.18 bits per heavy atom. The minimum absolute atomic E-state index is 0.00701. The molecule has 0 spiro atoms. The molecule has 34 heavy (non-hydrogen) atoms. The Bertz CT molecular complexity index is 1320. The number of carbonyl (C=O) groups excluding carboxylic acids is 1. The van der Waals surface area contributed by atoms with Gasteiger partial charge in [-0.3, -0.25) is 9.69 Å². The second kappa shape index (κ2) is 9.45. The molecule has 0 unspecified atom stereocenters. The molecule has 1 amide bonds. The number of nitrogens with zero attached hydrogens (tertiary/aromatic N) is 7. The number of nitrogens with two attached hydrogens (primary N) is 1. The first-order valence-corrected chi connectivity index (χ1v) is 11.8. The summed E-state index contributed by atoms with van der Waals surface area (Å²) in [7, 11) is 0. The van der Waals surface area contributed by atoms with Crippen LogP contribution in [0.3, 0.4) is 0 Å². The molecular weight excluding hydrogens is 479 g/mol. The highest BCUT2D eigenvalue weighted by Gasteiger charge is 2.25. The quantitative estimate of drug-likeness (QED) is 0.450. The highest BCUT2D eigenvalue weighted by atomic mass is 35.5. The summed E-state index contributed by atoms with van der Waals surface area (Å²) in [6, 6.07) is 8.15. The van der Waals surface area contributed by atoms with Crippen LogP contribution in [0.5, 0.6) is 0 Å². The molecule has 3 aromatic heterocycles. The Morgan fingerprint density at radius 2 is 2.00 bits per heavy atom. The summed E-state index contributed by atoms with van der Waals surface area (Å²) in [6.07, 6.45) is 3.19. The molecule has 174 valence electrons. The van der Waals surface area contributed by atoms with Crippen LogP contribution >= 0.6 is 22.9 Å². The Morgan fingerprint density at radius 3 is 2.76 bits per heavy atom. The van der Waals surface area contributed by atoms with E-state index in [2.05, 4.69) is 25.0 Å². The molecule has 12 heteroatoms. The largest absolute Gasteiger partial charge is 0.384 e. The van der Waals surface area contributed by atoms with Gasteiger partial charge in [-0.2, -0.15) is 9.78 Å². The van der Waals surface area contributed by atoms with Crippen LogP contribution < -0.4 is 5.73 Å². The molecule has 0 aliphatic carbocycles. The second-order valence-corrected chi connectivity index (χ2v) is 9.03. The third-order valence-electron chi connectivity index (χ3n) is 5.53. The Labute approximate surface area is 203 Å². The monoisotopic (exact) mass is 498 g/mol. The Hall–Kier alpha value is -3.41. The van der Waals surface area contributed by atoms with E-state index in [4.69, 9.17) is 17.3 Å². The lowest BCUT2D eigenvalue weighted by Gasteiger charge is -2.34. The average molecular weight is 499 g/mol. The zero-order chi connectivity index (χ0) is 23.7. The van der Waals surface area contributed by atoms with E-state index in [1.165, 1.54) is 29.8 Å². The van der Waals surface area contributed by atoms with Crippen molar-refractivity contribution < 1.29 is 9.18 Å². The molecule has 0 saturated carbocycles. The number of piperazine rings is 1. The van der Waals surface area contributed by atoms with Gasteiger partial charge in [-0.05, 0) is 24.3 Å². The van der Waals surface area contributed by atoms with Crippen LogP contribution in [0.2, 0.25) is 5.02 Å². The summed E-state index contributed by atoms with van der Waals surface area (Å²) in [4.78, 5) is 29.7. The van der Waals surface area contributed by atoms with Crippen LogP contribution in [-0.4, -0.2) is 66.6 Å². The lowest BCUT2D eigenvalue weighted by Crippen LogP contribution is -2.48. The van der Waals surface area contributed by atoms with Crippen LogP contribution in [0.1, 0.15) is 16.1 Å². The van der Waals surface area contributed by atoms with Gasteiger partial charge in [0.15, 0.2) is 11.6 Å². The minimum atomic E-state index is -0.682. The van der Waals surface area contributed by atoms with E-state index in [9.17, 15) is 9.18 Å². The fourth-order valence-corrected chi connectivity index (χ4v) is 4.67. The van der Waals surface area contributed by atoms with Crippen LogP contribution in [0, 0.1) is 5.82 Å². The van der Waals surface area contributed by atoms with Crippen molar-refractivity contribution in [1.82, 2.24) is 34.5 Å². The molecule has 1 aliphatic heterocycles. The highest BCUT2D eigenvalue weighted by molar-refractivity contribution is 7.12. The number of pyridine rings is 1. The van der Waals surface area contributed by atoms with E-state index in [1.54, 1.807) is 27.9 Å². The van der Waals surface area contributed by atoms with E-state index in [-0.39, 0.29) is 16.5 Å². The van der Waals surface area contributed by atoms with Crippen molar-refractivity contribution in [3.05, 3.63) is 70.3 Å². The van der Waals surface area contributed by atoms with Gasteiger partial charge in [-0.25, -0.2) is 19.3 Å². The first-order valence-electron chi connectivity index (χ1n) is 10.5. The van der Waals surface area contributed by atoms with E-state index in [0.717, 1.165) is 11.3 Å². The van der Waals surface area contributed by atoms with Gasteiger partial charge in [0.1, 0.15) is 12.1 Å². The number of anilines is 1. The molecule has 2 N–H and O–H groups in total. The summed E-state index contributed by atoms with van der Waals surface area (Å²) >= 11 is 7.29. The van der Waals surface area contributed by atoms with Crippen molar-refractivity contribution in [3.63, 3.8) is 0 Å². The summed E-state index contributed by atoms with van der Waals surface area (Å²) in [5.41, 5.74) is 7.66. The number of halogens is 2. The third kappa shape index (κ3) is 4.49. The lowest BCUT2D eigenvalue weighted by molar-refractivity contribution is 0.0622. The van der Waals surface area contributed by atoms with E-state index in [0.29, 0.717) is 49.5 Å². The number of thiazole rings is 1. The molecule has 4 aromatic rings. The van der Waals surface area contributed by atoms with Crippen molar-refractivity contribution in [3.8, 4) is 16.5 Å². The first kappa shape index (κ1) is 22.4. The number of benzene rings is 1. The summed E-state index contributed by atoms with van der Waals surface area (Å²) in [6.45, 7) is 2.73. The first-order chi connectivity index (χ1) is 16.5. The number of nitrogen functional groups attached to an aromatic ring is 1. The molecule has 1 aromatic carbocycles. The van der Waals surface area contributed by atoms with Crippen molar-refractivity contribution in [2.75, 3.05) is 31.9 Å². The van der Waals surface area contributed by atoms with E-state index < -0.39 is 5.82 Å². The van der Waals surface area contributed by atoms with Gasteiger partial charge < -0.3 is 10.6 Å². The normalized spacial score (nSPS) is 14.5. The predicted molar refractivity (Wildman–Crippen MR) is 127 cm³/mol. The maximum atomic E-state index is 14.3. The zero-order valence-electron chi connectivity index (χ0n) is 17.9. The molecular formula is C22H20ClFN8OS. The molecule has 5 rings (SSSR count). The van der Waals surface area contributed by atoms with Gasteiger partial charge in [0.2, 0.25) is 5.13 Å². The lowest BCUT2D eigenvalue weighted by atomic mass is 10.1. The van der Waals surface area contributed by atoms with E-state index >= 15 is 0 Å². The molecule has 1 fully saturated rings. The molecule has 0 atom stereocenters. The molecule has 9 nitrogen and oxygen atoms in total. The fourth-order valence-electron chi connectivity index (χ4n) is 3.90. The number of rotatable bonds is 5. The maximum absolute atomic E-state index is 14.3. The smallest absolute Gasteiger partial charge is 0.256 e. The summed E-state index contributed by atoms with van der Waals surface area (Å²) in [5.74, 6) is -0.0278. The number of aromatic nitrogens is 5. The van der Waals surface area contributed by atoms with Crippen molar-refractivity contribution in [2.24, 2.45) is 0 Å². The van der Waals surface area contributed by atoms with Gasteiger partial charge in [0, 0.05) is 49.9 Å². The van der Waals surface area contributed by atoms with E-state index in [1.807, 2.05) is 11.4 Å². The molecule has 4 heterocycles. The molecule has 1 saturated heterocycles. The minimum Gasteiger partial charge on any atom is -0.384 e. The molecule has 0 radical (unpaired) electrons. The van der Waals surface area contributed by atoms with Gasteiger partial charge in [-0.15, -0.1) is 11.3 Å². The molecule has 1 aliphatic rings. The second-order valence-electron chi connectivity index (χ2n) is 7.75. The highest BCUT2D eigenvalue weighted by Crippen LogP contribution is 2.24. The number of amides is 1. The third-order valence-corrected chi connectivity index (χ3v) is 6.57. The summed E-state index contributed by atoms with van der Waals surface area (Å²) < 4.78 is 15.9. The number of carbonyl (C=O) groups is 1. The maximum Gasteiger partial charge on any atom is 0.256 e. The average Bonchev–Trinajstić information content (AvgIpc) is 3.52. The molecule has 0 bridgehead atoms. The Balaban J connectivity index is 1.28. The summed E-state index contributed by atoms with van der Waals surface area (Å²) in [5, 5.41) is 6.81. The SMILES string of the molecule is Nc1cc(-c2ncnn2-c2nccs2)cc(CN2CCN(C(=O)c3cccc(Cl)c3F)CC2)n1. The standard InChI is InChI=1S/C22H20ClFN8OS/c23-17-3-1-2-16(19(17)24)21(33)31-7-5-30(6-8-31)12-15-10-14(11-18(25)29-15)20-27-13-28-32(20)22-26-4-9-34-22/h1-4,9-11,13H,5-8,12H2,(H2,25,29). The van der Waals surface area contributed by atoms with Gasteiger partial charge in [0.05, 0.1) is 16.3 Å². The topological polar surface area (TPSA) is 106 Å².